The van der Waals surface area contributed by atoms with Gasteiger partial charge in [-0.15, -0.1) is 11.3 Å². The van der Waals surface area contributed by atoms with Crippen LogP contribution in [0.5, 0.6) is 0 Å². The van der Waals surface area contributed by atoms with Gasteiger partial charge < -0.3 is 0 Å². The first kappa shape index (κ1) is 9.44. The van der Waals surface area contributed by atoms with Crippen LogP contribution in [0.1, 0.15) is 21.6 Å². The molecule has 3 rings (SSSR count). The van der Waals surface area contributed by atoms with Gasteiger partial charge in [0, 0.05) is 4.88 Å². The fraction of sp³-hybridized carbons (Fsp3) is 0.231. The van der Waals surface area contributed by atoms with E-state index in [1.54, 1.807) is 11.3 Å². The fourth-order valence-electron chi connectivity index (χ4n) is 2.22. The smallest absolute Gasteiger partial charge is 0.0934 e. The van der Waals surface area contributed by atoms with E-state index in [-0.39, 0.29) is 0 Å². The van der Waals surface area contributed by atoms with Crippen LogP contribution >= 0.6 is 22.9 Å². The van der Waals surface area contributed by atoms with Gasteiger partial charge in [0.2, 0.25) is 0 Å². The molecule has 1 aromatic heterocycles. The highest BCUT2D eigenvalue weighted by Crippen LogP contribution is 2.32. The number of thiophene rings is 1. The molecule has 0 fully saturated rings. The van der Waals surface area contributed by atoms with E-state index in [0.717, 1.165) is 23.6 Å². The van der Waals surface area contributed by atoms with E-state index in [1.165, 1.54) is 21.6 Å². The molecule has 1 heterocycles. The van der Waals surface area contributed by atoms with Crippen LogP contribution < -0.4 is 0 Å². The number of fused-ring (bicyclic) bond motifs is 2. The number of halogens is 1. The molecule has 0 radical (unpaired) electrons. The summed E-state index contributed by atoms with van der Waals surface area (Å²) in [5, 5.41) is 0. The summed E-state index contributed by atoms with van der Waals surface area (Å²) in [6, 6.07) is 10.9. The minimum Gasteiger partial charge on any atom is -0.128 e. The third-order valence-electron chi connectivity index (χ3n) is 2.99. The molecule has 1 aliphatic rings. The number of hydrogen-bond donors (Lipinski definition) is 0. The van der Waals surface area contributed by atoms with Crippen molar-refractivity contribution < 1.29 is 0 Å². The van der Waals surface area contributed by atoms with E-state index in [4.69, 9.17) is 11.6 Å². The van der Waals surface area contributed by atoms with Crippen LogP contribution in [0.15, 0.2) is 30.3 Å². The SMILES string of the molecule is Clc1cc2c(s1)CCc1ccccc1C2. The van der Waals surface area contributed by atoms with Crippen molar-refractivity contribution in [1.82, 2.24) is 0 Å². The second-order valence-corrected chi connectivity index (χ2v) is 5.71. The van der Waals surface area contributed by atoms with Gasteiger partial charge in [-0.05, 0) is 42.0 Å². The Morgan fingerprint density at radius 2 is 1.80 bits per heavy atom. The topological polar surface area (TPSA) is 0 Å². The summed E-state index contributed by atoms with van der Waals surface area (Å²) in [5.74, 6) is 0. The van der Waals surface area contributed by atoms with Crippen molar-refractivity contribution in [3.05, 3.63) is 56.2 Å². The number of rotatable bonds is 0. The maximum absolute atomic E-state index is 6.05. The lowest BCUT2D eigenvalue weighted by molar-refractivity contribution is 0.984. The lowest BCUT2D eigenvalue weighted by atomic mass is 10.0. The van der Waals surface area contributed by atoms with Gasteiger partial charge in [0.05, 0.1) is 4.34 Å². The van der Waals surface area contributed by atoms with Crippen molar-refractivity contribution in [3.8, 4) is 0 Å². The van der Waals surface area contributed by atoms with Crippen molar-refractivity contribution >= 4 is 22.9 Å². The van der Waals surface area contributed by atoms with Crippen LogP contribution in [0.2, 0.25) is 4.34 Å². The van der Waals surface area contributed by atoms with E-state index in [9.17, 15) is 0 Å². The lowest BCUT2D eigenvalue weighted by Gasteiger charge is -2.03. The molecule has 1 aliphatic carbocycles. The average Bonchev–Trinajstić information content (AvgIpc) is 2.49. The van der Waals surface area contributed by atoms with Crippen molar-refractivity contribution in [1.29, 1.82) is 0 Å². The molecule has 0 N–H and O–H groups in total. The molecule has 0 unspecified atom stereocenters. The molecule has 0 amide bonds. The monoisotopic (exact) mass is 234 g/mol. The molecule has 76 valence electrons. The van der Waals surface area contributed by atoms with E-state index >= 15 is 0 Å². The molecule has 0 saturated carbocycles. The number of benzene rings is 1. The molecule has 0 spiro atoms. The molecule has 0 bridgehead atoms. The summed E-state index contributed by atoms with van der Waals surface area (Å²) in [5.41, 5.74) is 4.39. The number of hydrogen-bond acceptors (Lipinski definition) is 1. The van der Waals surface area contributed by atoms with Gasteiger partial charge in [0.1, 0.15) is 0 Å². The van der Waals surface area contributed by atoms with Gasteiger partial charge in [0.15, 0.2) is 0 Å². The summed E-state index contributed by atoms with van der Waals surface area (Å²) < 4.78 is 0.930. The van der Waals surface area contributed by atoms with Crippen molar-refractivity contribution in [2.75, 3.05) is 0 Å². The summed E-state index contributed by atoms with van der Waals surface area (Å²) in [6.07, 6.45) is 3.35. The molecule has 2 aromatic rings. The van der Waals surface area contributed by atoms with Gasteiger partial charge >= 0.3 is 0 Å². The van der Waals surface area contributed by atoms with Crippen LogP contribution in [0.3, 0.4) is 0 Å². The predicted octanol–water partition coefficient (Wildman–Crippen LogP) is 4.09. The summed E-state index contributed by atoms with van der Waals surface area (Å²) in [6.45, 7) is 0. The normalized spacial score (nSPS) is 14.2. The average molecular weight is 235 g/mol. The zero-order chi connectivity index (χ0) is 10.3. The van der Waals surface area contributed by atoms with Gasteiger partial charge in [-0.25, -0.2) is 0 Å². The Hall–Kier alpha value is -0.790. The maximum Gasteiger partial charge on any atom is 0.0934 e. The Labute approximate surface area is 98.5 Å². The van der Waals surface area contributed by atoms with Crippen LogP contribution in [-0.2, 0) is 19.3 Å². The zero-order valence-corrected chi connectivity index (χ0v) is 9.87. The zero-order valence-electron chi connectivity index (χ0n) is 8.29. The van der Waals surface area contributed by atoms with Crippen molar-refractivity contribution in [3.63, 3.8) is 0 Å². The first-order chi connectivity index (χ1) is 7.33. The molecule has 15 heavy (non-hydrogen) atoms. The van der Waals surface area contributed by atoms with Gasteiger partial charge in [-0.3, -0.25) is 0 Å². The third-order valence-corrected chi connectivity index (χ3v) is 4.35. The second-order valence-electron chi connectivity index (χ2n) is 3.94. The van der Waals surface area contributed by atoms with Crippen LogP contribution in [0.4, 0.5) is 0 Å². The van der Waals surface area contributed by atoms with Crippen LogP contribution in [-0.4, -0.2) is 0 Å². The third kappa shape index (κ3) is 1.70. The minimum absolute atomic E-state index is 0.930. The minimum atomic E-state index is 0.930. The Kier molecular flexibility index (Phi) is 2.30. The Balaban J connectivity index is 2.08. The van der Waals surface area contributed by atoms with Gasteiger partial charge in [-0.1, -0.05) is 35.9 Å². The van der Waals surface area contributed by atoms with E-state index in [0.29, 0.717) is 0 Å². The fourth-order valence-corrected chi connectivity index (χ4v) is 3.53. The first-order valence-electron chi connectivity index (χ1n) is 5.17. The van der Waals surface area contributed by atoms with Crippen LogP contribution in [0.25, 0.3) is 0 Å². The molecule has 0 atom stereocenters. The second kappa shape index (κ2) is 3.66. The highest BCUT2D eigenvalue weighted by atomic mass is 35.5. The highest BCUT2D eigenvalue weighted by molar-refractivity contribution is 7.16. The van der Waals surface area contributed by atoms with Gasteiger partial charge in [-0.2, -0.15) is 0 Å². The molecule has 0 aliphatic heterocycles. The first-order valence-corrected chi connectivity index (χ1v) is 6.36. The summed E-state index contributed by atoms with van der Waals surface area (Å²) in [7, 11) is 0. The number of aryl methyl sites for hydroxylation is 2. The summed E-state index contributed by atoms with van der Waals surface area (Å²) in [4.78, 5) is 1.47. The van der Waals surface area contributed by atoms with Crippen molar-refractivity contribution in [2.24, 2.45) is 0 Å². The molecular formula is C13H11ClS. The largest absolute Gasteiger partial charge is 0.128 e. The highest BCUT2D eigenvalue weighted by Gasteiger charge is 2.15. The van der Waals surface area contributed by atoms with Crippen LogP contribution in [0, 0.1) is 0 Å². The Morgan fingerprint density at radius 3 is 2.67 bits per heavy atom. The van der Waals surface area contributed by atoms with Gasteiger partial charge in [0.25, 0.3) is 0 Å². The lowest BCUT2D eigenvalue weighted by Crippen LogP contribution is -1.90. The Morgan fingerprint density at radius 1 is 1.00 bits per heavy atom. The molecule has 1 aromatic carbocycles. The predicted molar refractivity (Wildman–Crippen MR) is 66.0 cm³/mol. The Bertz CT molecular complexity index is 499. The molecule has 0 nitrogen and oxygen atoms in total. The summed E-state index contributed by atoms with van der Waals surface area (Å²) >= 11 is 7.79. The maximum atomic E-state index is 6.05. The van der Waals surface area contributed by atoms with Crippen molar-refractivity contribution in [2.45, 2.75) is 19.3 Å². The standard InChI is InChI=1S/C13H11ClS/c14-13-8-11-7-10-4-2-1-3-9(10)5-6-12(11)15-13/h1-4,8H,5-7H2. The quantitative estimate of drug-likeness (QED) is 0.644. The van der Waals surface area contributed by atoms with E-state index in [1.807, 2.05) is 0 Å². The van der Waals surface area contributed by atoms with E-state index in [2.05, 4.69) is 30.3 Å². The molecule has 2 heteroatoms. The molecule has 0 saturated heterocycles. The van der Waals surface area contributed by atoms with E-state index < -0.39 is 0 Å². The molecular weight excluding hydrogens is 224 g/mol.